The van der Waals surface area contributed by atoms with Crippen molar-refractivity contribution in [3.63, 3.8) is 0 Å². The van der Waals surface area contributed by atoms with Gasteiger partial charge in [-0.25, -0.2) is 8.42 Å². The molecule has 1 heterocycles. The topological polar surface area (TPSA) is 75.7 Å². The summed E-state index contributed by atoms with van der Waals surface area (Å²) in [5.74, 6) is 0.223. The fraction of sp³-hybridized carbons (Fsp3) is 0.458. The lowest BCUT2D eigenvalue weighted by Gasteiger charge is -2.31. The monoisotopic (exact) mass is 498 g/mol. The van der Waals surface area contributed by atoms with Crippen LogP contribution in [0.25, 0.3) is 0 Å². The van der Waals surface area contributed by atoms with Gasteiger partial charge in [-0.2, -0.15) is 17.5 Å². The molecule has 186 valence electrons. The Labute approximate surface area is 198 Å². The summed E-state index contributed by atoms with van der Waals surface area (Å²) < 4.78 is 72.2. The molecule has 0 aliphatic carbocycles. The number of sulfonamides is 1. The van der Waals surface area contributed by atoms with Crippen molar-refractivity contribution in [1.82, 2.24) is 9.62 Å². The molecule has 3 rings (SSSR count). The Morgan fingerprint density at radius 2 is 1.71 bits per heavy atom. The van der Waals surface area contributed by atoms with Crippen LogP contribution >= 0.6 is 0 Å². The fourth-order valence-corrected chi connectivity index (χ4v) is 5.59. The molecule has 0 saturated carbocycles. The van der Waals surface area contributed by atoms with Crippen LogP contribution < -0.4 is 10.1 Å². The average molecular weight is 499 g/mol. The van der Waals surface area contributed by atoms with Gasteiger partial charge in [0.05, 0.1) is 16.6 Å². The third-order valence-corrected chi connectivity index (χ3v) is 7.60. The number of hydrogen-bond acceptors (Lipinski definition) is 4. The molecule has 6 nitrogen and oxygen atoms in total. The zero-order valence-electron chi connectivity index (χ0n) is 19.1. The third kappa shape index (κ3) is 6.50. The first-order valence-corrected chi connectivity index (χ1v) is 12.6. The maximum Gasteiger partial charge on any atom is 0.417 e. The fourth-order valence-electron chi connectivity index (χ4n) is 3.90. The first kappa shape index (κ1) is 26.0. The van der Waals surface area contributed by atoms with Crippen molar-refractivity contribution in [3.05, 3.63) is 59.7 Å². The van der Waals surface area contributed by atoms with Gasteiger partial charge in [0.25, 0.3) is 0 Å². The molecule has 0 unspecified atom stereocenters. The number of piperidine rings is 1. The Bertz CT molecular complexity index is 1080. The highest BCUT2D eigenvalue weighted by atomic mass is 32.2. The summed E-state index contributed by atoms with van der Waals surface area (Å²) in [7, 11) is -4.32. The van der Waals surface area contributed by atoms with Crippen molar-refractivity contribution < 1.29 is 31.1 Å². The predicted octanol–water partition coefficient (Wildman–Crippen LogP) is 4.25. The van der Waals surface area contributed by atoms with Crippen LogP contribution in [0.15, 0.2) is 53.4 Å². The van der Waals surface area contributed by atoms with Crippen LogP contribution in [-0.2, 0) is 27.4 Å². The van der Waals surface area contributed by atoms with Gasteiger partial charge in [0.15, 0.2) is 0 Å². The van der Waals surface area contributed by atoms with Crippen LogP contribution in [0.1, 0.15) is 37.8 Å². The smallest absolute Gasteiger partial charge is 0.417 e. The number of hydrogen-bond donors (Lipinski definition) is 1. The van der Waals surface area contributed by atoms with Gasteiger partial charge in [-0.15, -0.1) is 0 Å². The van der Waals surface area contributed by atoms with E-state index in [9.17, 15) is 26.4 Å². The van der Waals surface area contributed by atoms with Gasteiger partial charge < -0.3 is 10.1 Å². The molecular formula is C24H29F3N2O4S. The highest BCUT2D eigenvalue weighted by Gasteiger charge is 2.40. The number of amides is 1. The van der Waals surface area contributed by atoms with Gasteiger partial charge in [0.2, 0.25) is 15.9 Å². The lowest BCUT2D eigenvalue weighted by Crippen LogP contribution is -2.43. The van der Waals surface area contributed by atoms with E-state index in [2.05, 4.69) is 5.32 Å². The summed E-state index contributed by atoms with van der Waals surface area (Å²) in [4.78, 5) is 11.8. The molecule has 1 N–H and O–H groups in total. The van der Waals surface area contributed by atoms with Crippen molar-refractivity contribution in [2.45, 2.75) is 50.3 Å². The number of nitrogens with zero attached hydrogens (tertiary/aromatic N) is 1. The zero-order chi connectivity index (χ0) is 24.9. The van der Waals surface area contributed by atoms with Crippen LogP contribution in [0.4, 0.5) is 13.2 Å². The van der Waals surface area contributed by atoms with Crippen LogP contribution in [0.2, 0.25) is 0 Å². The molecule has 2 aromatic carbocycles. The number of ether oxygens (including phenoxy) is 1. The predicted molar refractivity (Wildman–Crippen MR) is 122 cm³/mol. The van der Waals surface area contributed by atoms with E-state index in [0.717, 1.165) is 33.8 Å². The number of carbonyl (C=O) groups excluding carboxylic acids is 1. The second-order valence-corrected chi connectivity index (χ2v) is 10.4. The Hall–Kier alpha value is -2.59. The van der Waals surface area contributed by atoms with E-state index in [0.29, 0.717) is 13.0 Å². The molecule has 2 aromatic rings. The Morgan fingerprint density at radius 1 is 1.09 bits per heavy atom. The van der Waals surface area contributed by atoms with Crippen LogP contribution in [0.3, 0.4) is 0 Å². The van der Waals surface area contributed by atoms with Crippen LogP contribution in [-0.4, -0.2) is 44.4 Å². The first-order valence-electron chi connectivity index (χ1n) is 11.2. The number of halogens is 3. The normalized spacial score (nSPS) is 15.9. The molecular weight excluding hydrogens is 469 g/mol. The maximum atomic E-state index is 13.3. The van der Waals surface area contributed by atoms with E-state index in [1.807, 2.05) is 38.1 Å². The Kier molecular flexibility index (Phi) is 8.25. The largest absolute Gasteiger partial charge is 0.491 e. The summed E-state index contributed by atoms with van der Waals surface area (Å²) in [6.45, 7) is 4.31. The number of carbonyl (C=O) groups is 1. The van der Waals surface area contributed by atoms with Gasteiger partial charge in [0.1, 0.15) is 5.75 Å². The second kappa shape index (κ2) is 10.8. The molecule has 10 heteroatoms. The van der Waals surface area contributed by atoms with Crippen molar-refractivity contribution in [3.8, 4) is 5.75 Å². The molecule has 1 fully saturated rings. The first-order chi connectivity index (χ1) is 16.0. The van der Waals surface area contributed by atoms with E-state index in [-0.39, 0.29) is 43.9 Å². The quantitative estimate of drug-likeness (QED) is 0.591. The number of benzene rings is 2. The molecule has 0 radical (unpaired) electrons. The Morgan fingerprint density at radius 3 is 2.29 bits per heavy atom. The number of nitrogens with one attached hydrogen (secondary N) is 1. The molecule has 0 aromatic heterocycles. The molecule has 0 spiro atoms. The van der Waals surface area contributed by atoms with Crippen LogP contribution in [0, 0.1) is 5.92 Å². The standard InChI is InChI=1S/C24H29F3N2O4S/c1-17(2)33-20-9-7-18(8-10-20)11-14-28-23(30)19-12-15-29(16-13-19)34(31,32)22-6-4-3-5-21(22)24(25,26)27/h3-10,17,19H,11-16H2,1-2H3,(H,28,30). The van der Waals surface area contributed by atoms with Gasteiger partial charge in [-0.3, -0.25) is 4.79 Å². The van der Waals surface area contributed by atoms with Gasteiger partial charge >= 0.3 is 6.18 Å². The lowest BCUT2D eigenvalue weighted by atomic mass is 9.97. The number of alkyl halides is 3. The lowest BCUT2D eigenvalue weighted by molar-refractivity contribution is -0.139. The average Bonchev–Trinajstić information content (AvgIpc) is 2.79. The highest BCUT2D eigenvalue weighted by molar-refractivity contribution is 7.89. The maximum absolute atomic E-state index is 13.3. The van der Waals surface area contributed by atoms with Crippen molar-refractivity contribution in [1.29, 1.82) is 0 Å². The van der Waals surface area contributed by atoms with Crippen molar-refractivity contribution in [2.24, 2.45) is 5.92 Å². The molecule has 34 heavy (non-hydrogen) atoms. The van der Waals surface area contributed by atoms with Gasteiger partial charge in [-0.1, -0.05) is 24.3 Å². The van der Waals surface area contributed by atoms with E-state index >= 15 is 0 Å². The second-order valence-electron chi connectivity index (χ2n) is 8.52. The van der Waals surface area contributed by atoms with E-state index in [4.69, 9.17) is 4.74 Å². The SMILES string of the molecule is CC(C)Oc1ccc(CCNC(=O)C2CCN(S(=O)(=O)c3ccccc3C(F)(F)F)CC2)cc1. The van der Waals surface area contributed by atoms with Gasteiger partial charge in [-0.05, 0) is 62.9 Å². The summed E-state index contributed by atoms with van der Waals surface area (Å²) in [5, 5.41) is 2.88. The van der Waals surface area contributed by atoms with E-state index < -0.39 is 26.7 Å². The van der Waals surface area contributed by atoms with E-state index in [1.54, 1.807) is 0 Å². The zero-order valence-corrected chi connectivity index (χ0v) is 20.0. The summed E-state index contributed by atoms with van der Waals surface area (Å²) >= 11 is 0. The minimum Gasteiger partial charge on any atom is -0.491 e. The molecule has 1 aliphatic rings. The van der Waals surface area contributed by atoms with Gasteiger partial charge in [0, 0.05) is 25.6 Å². The highest BCUT2D eigenvalue weighted by Crippen LogP contribution is 2.36. The minimum absolute atomic E-state index is 0.01000. The molecule has 1 aliphatic heterocycles. The molecule has 0 atom stereocenters. The minimum atomic E-state index is -4.77. The summed E-state index contributed by atoms with van der Waals surface area (Å²) in [6.07, 6.45) is -3.55. The summed E-state index contributed by atoms with van der Waals surface area (Å²) in [6, 6.07) is 11.8. The van der Waals surface area contributed by atoms with Crippen molar-refractivity contribution in [2.75, 3.05) is 19.6 Å². The van der Waals surface area contributed by atoms with Crippen molar-refractivity contribution >= 4 is 15.9 Å². The number of rotatable bonds is 8. The summed E-state index contributed by atoms with van der Waals surface area (Å²) in [5.41, 5.74) is -0.140. The molecule has 1 amide bonds. The van der Waals surface area contributed by atoms with E-state index in [1.165, 1.54) is 6.07 Å². The molecule has 1 saturated heterocycles. The third-order valence-electron chi connectivity index (χ3n) is 5.64. The molecule has 0 bridgehead atoms. The van der Waals surface area contributed by atoms with Crippen LogP contribution in [0.5, 0.6) is 5.75 Å². The Balaban J connectivity index is 1.51.